The third kappa shape index (κ3) is 1.32. The number of hydrogen-bond donors (Lipinski definition) is 0. The molecule has 44 valence electrons. The SMILES string of the molecule is [B]c1cn(I)c(C=O)n1. The molecule has 0 spiro atoms. The van der Waals surface area contributed by atoms with Gasteiger partial charge in [0.2, 0.25) is 0 Å². The highest BCUT2D eigenvalue weighted by Crippen LogP contribution is 1.95. The zero-order valence-corrected chi connectivity index (χ0v) is 6.57. The maximum Gasteiger partial charge on any atom is 0.186 e. The third-order valence-electron chi connectivity index (χ3n) is 0.814. The summed E-state index contributed by atoms with van der Waals surface area (Å²) in [5.41, 5.74) is 0.367. The lowest BCUT2D eigenvalue weighted by Gasteiger charge is -1.83. The number of hydrogen-bond acceptors (Lipinski definition) is 2. The van der Waals surface area contributed by atoms with Crippen LogP contribution in [0.5, 0.6) is 0 Å². The molecule has 1 heterocycles. The first-order valence-corrected chi connectivity index (χ1v) is 3.16. The highest BCUT2D eigenvalue weighted by atomic mass is 127. The zero-order chi connectivity index (χ0) is 6.85. The Morgan fingerprint density at radius 1 is 1.89 bits per heavy atom. The molecule has 0 unspecified atom stereocenters. The number of halogens is 1. The van der Waals surface area contributed by atoms with Gasteiger partial charge in [-0.25, -0.2) is 4.98 Å². The fourth-order valence-electron chi connectivity index (χ4n) is 0.468. The highest BCUT2D eigenvalue weighted by molar-refractivity contribution is 14.1. The Morgan fingerprint density at radius 2 is 2.56 bits per heavy atom. The van der Waals surface area contributed by atoms with Crippen LogP contribution < -0.4 is 5.59 Å². The molecule has 0 aliphatic rings. The van der Waals surface area contributed by atoms with Gasteiger partial charge in [-0.2, -0.15) is 0 Å². The van der Waals surface area contributed by atoms with Crippen molar-refractivity contribution < 1.29 is 4.79 Å². The van der Waals surface area contributed by atoms with E-state index in [4.69, 9.17) is 7.85 Å². The van der Waals surface area contributed by atoms with Gasteiger partial charge in [0.15, 0.2) is 12.1 Å². The molecule has 0 aliphatic carbocycles. The predicted molar refractivity (Wildman–Crippen MR) is 42.4 cm³/mol. The summed E-state index contributed by atoms with van der Waals surface area (Å²) < 4.78 is 1.54. The second-order valence-electron chi connectivity index (χ2n) is 1.45. The lowest BCUT2D eigenvalue weighted by Crippen LogP contribution is -2.01. The maximum absolute atomic E-state index is 10.1. The Morgan fingerprint density at radius 3 is 2.78 bits per heavy atom. The van der Waals surface area contributed by atoms with E-state index < -0.39 is 0 Å². The predicted octanol–water partition coefficient (Wildman–Crippen LogP) is -0.312. The molecular formula is C4H2BIN2O. The maximum atomic E-state index is 10.1. The molecule has 0 bridgehead atoms. The van der Waals surface area contributed by atoms with Crippen molar-refractivity contribution in [3.8, 4) is 0 Å². The Kier molecular flexibility index (Phi) is 1.89. The fraction of sp³-hybridized carbons (Fsp3) is 0. The number of aldehydes is 1. The summed E-state index contributed by atoms with van der Waals surface area (Å²) in [6.45, 7) is 0. The molecule has 9 heavy (non-hydrogen) atoms. The summed E-state index contributed by atoms with van der Waals surface area (Å²) in [6.07, 6.45) is 2.23. The molecule has 0 N–H and O–H groups in total. The minimum atomic E-state index is 0.341. The van der Waals surface area contributed by atoms with Crippen molar-refractivity contribution >= 4 is 42.6 Å². The lowest BCUT2D eigenvalue weighted by atomic mass is 10.1. The second kappa shape index (κ2) is 2.51. The van der Waals surface area contributed by atoms with Crippen LogP contribution in [0, 0.1) is 0 Å². The molecule has 2 radical (unpaired) electrons. The number of rotatable bonds is 1. The third-order valence-corrected chi connectivity index (χ3v) is 1.59. The Balaban J connectivity index is 3.15. The van der Waals surface area contributed by atoms with Crippen LogP contribution in [0.25, 0.3) is 0 Å². The van der Waals surface area contributed by atoms with Gasteiger partial charge in [0, 0.05) is 11.8 Å². The fourth-order valence-corrected chi connectivity index (χ4v) is 0.975. The van der Waals surface area contributed by atoms with E-state index in [1.54, 1.807) is 8.98 Å². The molecule has 0 saturated heterocycles. The standard InChI is InChI=1S/C4H2BIN2O/c5-3-1-8(6)4(2-9)7-3/h1-2H. The van der Waals surface area contributed by atoms with Crippen molar-refractivity contribution in [2.75, 3.05) is 0 Å². The molecule has 0 aromatic carbocycles. The van der Waals surface area contributed by atoms with Gasteiger partial charge in [0.25, 0.3) is 0 Å². The van der Waals surface area contributed by atoms with Gasteiger partial charge >= 0.3 is 0 Å². The molecule has 3 nitrogen and oxygen atoms in total. The van der Waals surface area contributed by atoms with Crippen molar-refractivity contribution in [1.29, 1.82) is 0 Å². The molecule has 0 aliphatic heterocycles. The van der Waals surface area contributed by atoms with Crippen LogP contribution in [0.1, 0.15) is 10.6 Å². The van der Waals surface area contributed by atoms with Gasteiger partial charge < -0.3 is 0 Å². The number of nitrogens with zero attached hydrogens (tertiary/aromatic N) is 2. The first-order valence-electron chi connectivity index (χ1n) is 2.20. The smallest absolute Gasteiger partial charge is 0.186 e. The minimum Gasteiger partial charge on any atom is -0.294 e. The summed E-state index contributed by atoms with van der Waals surface area (Å²) >= 11 is 1.92. The van der Waals surface area contributed by atoms with Crippen LogP contribution in [0.15, 0.2) is 6.20 Å². The highest BCUT2D eigenvalue weighted by Gasteiger charge is 1.98. The molecule has 1 aromatic rings. The van der Waals surface area contributed by atoms with Crippen LogP contribution in [0.4, 0.5) is 0 Å². The van der Waals surface area contributed by atoms with Crippen LogP contribution >= 0.6 is 22.9 Å². The average Bonchev–Trinajstić information content (AvgIpc) is 2.10. The van der Waals surface area contributed by atoms with E-state index >= 15 is 0 Å². The largest absolute Gasteiger partial charge is 0.294 e. The van der Waals surface area contributed by atoms with Crippen molar-refractivity contribution in [1.82, 2.24) is 7.76 Å². The average molecular weight is 232 g/mol. The number of carbonyl (C=O) groups is 1. The number of imidazole rings is 1. The van der Waals surface area contributed by atoms with Crippen LogP contribution in [-0.2, 0) is 0 Å². The van der Waals surface area contributed by atoms with E-state index in [9.17, 15) is 4.79 Å². The van der Waals surface area contributed by atoms with Gasteiger partial charge in [0.05, 0.1) is 22.9 Å². The van der Waals surface area contributed by atoms with Crippen molar-refractivity contribution in [2.24, 2.45) is 0 Å². The number of carbonyl (C=O) groups excluding carboxylic acids is 1. The first-order chi connectivity index (χ1) is 4.24. The van der Waals surface area contributed by atoms with E-state index in [1.165, 1.54) is 0 Å². The summed E-state index contributed by atoms with van der Waals surface area (Å²) in [4.78, 5) is 13.8. The normalized spacial score (nSPS) is 9.44. The van der Waals surface area contributed by atoms with E-state index in [1.807, 2.05) is 22.9 Å². The second-order valence-corrected chi connectivity index (χ2v) is 2.49. The monoisotopic (exact) mass is 232 g/mol. The summed E-state index contributed by atoms with van der Waals surface area (Å²) in [5, 5.41) is 0. The summed E-state index contributed by atoms with van der Waals surface area (Å²) in [6, 6.07) is 0. The lowest BCUT2D eigenvalue weighted by molar-refractivity contribution is 0.111. The van der Waals surface area contributed by atoms with E-state index in [0.717, 1.165) is 0 Å². The van der Waals surface area contributed by atoms with Gasteiger partial charge in [-0.15, -0.1) is 0 Å². The zero-order valence-electron chi connectivity index (χ0n) is 4.41. The molecule has 1 rings (SSSR count). The first kappa shape index (κ1) is 6.79. The van der Waals surface area contributed by atoms with Gasteiger partial charge in [-0.3, -0.25) is 7.58 Å². The van der Waals surface area contributed by atoms with Gasteiger partial charge in [-0.1, -0.05) is 0 Å². The van der Waals surface area contributed by atoms with Crippen LogP contribution in [-0.4, -0.2) is 21.9 Å². The quantitative estimate of drug-likeness (QED) is 0.378. The van der Waals surface area contributed by atoms with Crippen molar-refractivity contribution in [3.05, 3.63) is 12.0 Å². The Labute approximate surface area is 67.4 Å². The van der Waals surface area contributed by atoms with E-state index in [0.29, 0.717) is 17.7 Å². The Bertz CT molecular complexity index is 234. The molecular weight excluding hydrogens is 230 g/mol. The van der Waals surface area contributed by atoms with Crippen LogP contribution in [0.3, 0.4) is 0 Å². The summed E-state index contributed by atoms with van der Waals surface area (Å²) in [5.74, 6) is 0.341. The Hall–Kier alpha value is -0.325. The molecule has 0 atom stereocenters. The molecule has 5 heteroatoms. The van der Waals surface area contributed by atoms with Crippen molar-refractivity contribution in [2.45, 2.75) is 0 Å². The van der Waals surface area contributed by atoms with Crippen LogP contribution in [0.2, 0.25) is 0 Å². The van der Waals surface area contributed by atoms with E-state index in [2.05, 4.69) is 4.98 Å². The summed E-state index contributed by atoms with van der Waals surface area (Å²) in [7, 11) is 5.26. The number of aromatic nitrogens is 2. The minimum absolute atomic E-state index is 0.341. The van der Waals surface area contributed by atoms with Gasteiger partial charge in [0.1, 0.15) is 7.85 Å². The van der Waals surface area contributed by atoms with E-state index in [-0.39, 0.29) is 0 Å². The molecule has 0 amide bonds. The molecule has 0 saturated carbocycles. The van der Waals surface area contributed by atoms with Crippen molar-refractivity contribution in [3.63, 3.8) is 0 Å². The molecule has 0 fully saturated rings. The van der Waals surface area contributed by atoms with Gasteiger partial charge in [-0.05, 0) is 0 Å². The molecule has 1 aromatic heterocycles. The topological polar surface area (TPSA) is 34.9 Å².